The number of rotatable bonds is 7. The maximum absolute atomic E-state index is 14.4. The average molecular weight is 362 g/mol. The summed E-state index contributed by atoms with van der Waals surface area (Å²) in [6.45, 7) is 0.578. The lowest BCUT2D eigenvalue weighted by molar-refractivity contribution is -0.130. The van der Waals surface area contributed by atoms with E-state index in [9.17, 15) is 9.18 Å². The van der Waals surface area contributed by atoms with Crippen LogP contribution >= 0.6 is 0 Å². The fraction of sp³-hybridized carbons (Fsp3) is 0.217. The molecule has 0 bridgehead atoms. The number of amides is 1. The first kappa shape index (κ1) is 18.8. The molecule has 0 unspecified atom stereocenters. The SMILES string of the molecule is CN(CCc1ccccn1)C(=O)C[C@@H](c1ccccc1)c1ccccc1F. The van der Waals surface area contributed by atoms with Crippen molar-refractivity contribution in [3.63, 3.8) is 0 Å². The average Bonchev–Trinajstić information content (AvgIpc) is 2.72. The van der Waals surface area contributed by atoms with Gasteiger partial charge in [0, 0.05) is 44.2 Å². The summed E-state index contributed by atoms with van der Waals surface area (Å²) in [6.07, 6.45) is 2.67. The van der Waals surface area contributed by atoms with Crippen molar-refractivity contribution >= 4 is 5.91 Å². The Balaban J connectivity index is 1.73. The van der Waals surface area contributed by atoms with Crippen molar-refractivity contribution in [2.75, 3.05) is 13.6 Å². The van der Waals surface area contributed by atoms with Gasteiger partial charge in [0.05, 0.1) is 0 Å². The minimum absolute atomic E-state index is 0.0111. The third-order valence-corrected chi connectivity index (χ3v) is 4.72. The first-order valence-electron chi connectivity index (χ1n) is 9.08. The summed E-state index contributed by atoms with van der Waals surface area (Å²) in [4.78, 5) is 18.8. The number of aromatic nitrogens is 1. The number of hydrogen-bond acceptors (Lipinski definition) is 2. The van der Waals surface area contributed by atoms with E-state index in [-0.39, 0.29) is 24.1 Å². The zero-order valence-corrected chi connectivity index (χ0v) is 15.4. The molecule has 0 spiro atoms. The fourth-order valence-electron chi connectivity index (χ4n) is 3.13. The Bertz CT molecular complexity index is 868. The van der Waals surface area contributed by atoms with Gasteiger partial charge in [0.25, 0.3) is 0 Å². The number of carbonyl (C=O) groups is 1. The van der Waals surface area contributed by atoms with E-state index in [1.165, 1.54) is 6.07 Å². The summed E-state index contributed by atoms with van der Waals surface area (Å²) >= 11 is 0. The van der Waals surface area contributed by atoms with Crippen molar-refractivity contribution in [3.05, 3.63) is 102 Å². The molecular formula is C23H23FN2O. The molecular weight excluding hydrogens is 339 g/mol. The van der Waals surface area contributed by atoms with E-state index in [1.807, 2.05) is 54.6 Å². The van der Waals surface area contributed by atoms with E-state index in [4.69, 9.17) is 0 Å². The first-order chi connectivity index (χ1) is 13.1. The van der Waals surface area contributed by atoms with Crippen LogP contribution in [0.5, 0.6) is 0 Å². The molecule has 138 valence electrons. The summed E-state index contributed by atoms with van der Waals surface area (Å²) in [5.41, 5.74) is 2.44. The molecule has 0 saturated heterocycles. The molecule has 27 heavy (non-hydrogen) atoms. The number of halogens is 1. The van der Waals surface area contributed by atoms with Gasteiger partial charge in [0.15, 0.2) is 0 Å². The number of likely N-dealkylation sites (N-methyl/N-ethyl adjacent to an activating group) is 1. The van der Waals surface area contributed by atoms with Crippen molar-refractivity contribution in [1.29, 1.82) is 0 Å². The monoisotopic (exact) mass is 362 g/mol. The van der Waals surface area contributed by atoms with Crippen LogP contribution < -0.4 is 0 Å². The molecule has 3 aromatic rings. The van der Waals surface area contributed by atoms with E-state index in [1.54, 1.807) is 30.3 Å². The van der Waals surface area contributed by atoms with Crippen LogP contribution in [0.3, 0.4) is 0 Å². The molecule has 1 aromatic heterocycles. The summed E-state index contributed by atoms with van der Waals surface area (Å²) in [7, 11) is 1.79. The molecule has 4 heteroatoms. The first-order valence-corrected chi connectivity index (χ1v) is 9.08. The summed E-state index contributed by atoms with van der Waals surface area (Å²) in [5, 5.41) is 0. The topological polar surface area (TPSA) is 33.2 Å². The Morgan fingerprint density at radius 2 is 1.70 bits per heavy atom. The maximum Gasteiger partial charge on any atom is 0.223 e. The van der Waals surface area contributed by atoms with Gasteiger partial charge in [-0.2, -0.15) is 0 Å². The second-order valence-electron chi connectivity index (χ2n) is 6.58. The van der Waals surface area contributed by atoms with Gasteiger partial charge in [-0.1, -0.05) is 54.6 Å². The summed E-state index contributed by atoms with van der Waals surface area (Å²) in [6, 6.07) is 22.1. The van der Waals surface area contributed by atoms with Crippen LogP contribution in [0.1, 0.15) is 29.2 Å². The number of nitrogens with zero attached hydrogens (tertiary/aromatic N) is 2. The largest absolute Gasteiger partial charge is 0.345 e. The van der Waals surface area contributed by atoms with Crippen LogP contribution in [0.25, 0.3) is 0 Å². The molecule has 1 atom stereocenters. The van der Waals surface area contributed by atoms with E-state index >= 15 is 0 Å². The standard InChI is InChI=1S/C23H23FN2O/c1-26(16-14-19-11-7-8-15-25-19)23(27)17-21(18-9-3-2-4-10-18)20-12-5-6-13-22(20)24/h2-13,15,21H,14,16-17H2,1H3/t21-/m0/s1. The Morgan fingerprint density at radius 1 is 1.00 bits per heavy atom. The van der Waals surface area contributed by atoms with Gasteiger partial charge in [-0.05, 0) is 29.3 Å². The lowest BCUT2D eigenvalue weighted by Crippen LogP contribution is -2.30. The van der Waals surface area contributed by atoms with E-state index < -0.39 is 0 Å². The van der Waals surface area contributed by atoms with Gasteiger partial charge in [-0.15, -0.1) is 0 Å². The predicted molar refractivity (Wildman–Crippen MR) is 105 cm³/mol. The molecule has 0 radical (unpaired) electrons. The Hall–Kier alpha value is -3.01. The number of hydrogen-bond donors (Lipinski definition) is 0. The number of pyridine rings is 1. The Morgan fingerprint density at radius 3 is 2.41 bits per heavy atom. The van der Waals surface area contributed by atoms with Gasteiger partial charge in [0.2, 0.25) is 5.91 Å². The quantitative estimate of drug-likeness (QED) is 0.622. The van der Waals surface area contributed by atoms with Crippen molar-refractivity contribution < 1.29 is 9.18 Å². The fourth-order valence-corrected chi connectivity index (χ4v) is 3.13. The molecule has 2 aromatic carbocycles. The molecule has 0 N–H and O–H groups in total. The highest BCUT2D eigenvalue weighted by Crippen LogP contribution is 2.30. The van der Waals surface area contributed by atoms with Crippen LogP contribution in [0.4, 0.5) is 4.39 Å². The van der Waals surface area contributed by atoms with Gasteiger partial charge in [-0.3, -0.25) is 9.78 Å². The van der Waals surface area contributed by atoms with E-state index in [0.29, 0.717) is 18.5 Å². The van der Waals surface area contributed by atoms with Crippen LogP contribution in [0.15, 0.2) is 79.0 Å². The lowest BCUT2D eigenvalue weighted by atomic mass is 9.87. The highest BCUT2D eigenvalue weighted by Gasteiger charge is 2.22. The smallest absolute Gasteiger partial charge is 0.223 e. The summed E-state index contributed by atoms with van der Waals surface area (Å²) in [5.74, 6) is -0.601. The second-order valence-corrected chi connectivity index (χ2v) is 6.58. The van der Waals surface area contributed by atoms with Crippen molar-refractivity contribution in [1.82, 2.24) is 9.88 Å². The minimum Gasteiger partial charge on any atom is -0.345 e. The molecule has 3 rings (SSSR count). The third-order valence-electron chi connectivity index (χ3n) is 4.72. The van der Waals surface area contributed by atoms with Gasteiger partial charge < -0.3 is 4.90 Å². The zero-order valence-electron chi connectivity index (χ0n) is 15.4. The van der Waals surface area contributed by atoms with Crippen LogP contribution in [-0.4, -0.2) is 29.4 Å². The molecule has 0 aliphatic carbocycles. The van der Waals surface area contributed by atoms with Crippen molar-refractivity contribution in [2.24, 2.45) is 0 Å². The van der Waals surface area contributed by atoms with Crippen LogP contribution in [-0.2, 0) is 11.2 Å². The highest BCUT2D eigenvalue weighted by molar-refractivity contribution is 5.77. The summed E-state index contributed by atoms with van der Waals surface area (Å²) < 4.78 is 14.4. The maximum atomic E-state index is 14.4. The van der Waals surface area contributed by atoms with E-state index in [2.05, 4.69) is 4.98 Å². The molecule has 3 nitrogen and oxygen atoms in total. The Kier molecular flexibility index (Phi) is 6.31. The number of carbonyl (C=O) groups excluding carboxylic acids is 1. The molecule has 0 fully saturated rings. The zero-order chi connectivity index (χ0) is 19.1. The van der Waals surface area contributed by atoms with Gasteiger partial charge >= 0.3 is 0 Å². The molecule has 0 saturated carbocycles. The highest BCUT2D eigenvalue weighted by atomic mass is 19.1. The van der Waals surface area contributed by atoms with Crippen LogP contribution in [0, 0.1) is 5.82 Å². The molecule has 1 heterocycles. The van der Waals surface area contributed by atoms with Crippen LogP contribution in [0.2, 0.25) is 0 Å². The minimum atomic E-state index is -0.308. The third kappa shape index (κ3) is 5.00. The van der Waals surface area contributed by atoms with Gasteiger partial charge in [-0.25, -0.2) is 4.39 Å². The van der Waals surface area contributed by atoms with E-state index in [0.717, 1.165) is 11.3 Å². The van der Waals surface area contributed by atoms with Gasteiger partial charge in [0.1, 0.15) is 5.82 Å². The number of benzene rings is 2. The molecule has 0 aliphatic rings. The molecule has 0 aliphatic heterocycles. The van der Waals surface area contributed by atoms with Crippen molar-refractivity contribution in [2.45, 2.75) is 18.8 Å². The van der Waals surface area contributed by atoms with Crippen molar-refractivity contribution in [3.8, 4) is 0 Å². The predicted octanol–water partition coefficient (Wildman–Crippen LogP) is 4.44. The lowest BCUT2D eigenvalue weighted by Gasteiger charge is -2.23. The normalized spacial score (nSPS) is 11.8. The molecule has 1 amide bonds. The Labute approximate surface area is 159 Å². The second kappa shape index (κ2) is 9.08.